The summed E-state index contributed by atoms with van der Waals surface area (Å²) in [5.74, 6) is 0.574. The average Bonchev–Trinajstić information content (AvgIpc) is 2.59. The van der Waals surface area contributed by atoms with Crippen LogP contribution in [-0.4, -0.2) is 4.98 Å². The highest BCUT2D eigenvalue weighted by atomic mass is 16.3. The van der Waals surface area contributed by atoms with Crippen LogP contribution >= 0.6 is 0 Å². The molecule has 0 amide bonds. The lowest BCUT2D eigenvalue weighted by Crippen LogP contribution is -1.90. The summed E-state index contributed by atoms with van der Waals surface area (Å²) in [7, 11) is 0. The fourth-order valence-electron chi connectivity index (χ4n) is 0.777. The quantitative estimate of drug-likeness (QED) is 0.576. The molecule has 3 heteroatoms. The lowest BCUT2D eigenvalue weighted by Gasteiger charge is -1.90. The molecule has 0 aliphatic carbocycles. The second kappa shape index (κ2) is 2.02. The molecule has 1 aliphatic rings. The molecule has 10 heavy (non-hydrogen) atoms. The van der Waals surface area contributed by atoms with Gasteiger partial charge in [-0.15, -0.1) is 0 Å². The molecular weight excluding hydrogens is 128 g/mol. The average molecular weight is 133 g/mol. The lowest BCUT2D eigenvalue weighted by molar-refractivity contribution is 0.538. The molecule has 3 nitrogen and oxygen atoms in total. The van der Waals surface area contributed by atoms with Gasteiger partial charge < -0.3 is 4.42 Å². The second-order valence-corrected chi connectivity index (χ2v) is 1.86. The summed E-state index contributed by atoms with van der Waals surface area (Å²) in [5.41, 5.74) is 0.782. The molecule has 0 N–H and O–H groups in total. The summed E-state index contributed by atoms with van der Waals surface area (Å²) in [4.78, 5) is 3.93. The van der Waals surface area contributed by atoms with Crippen LogP contribution in [0.5, 0.6) is 0 Å². The van der Waals surface area contributed by atoms with Crippen molar-refractivity contribution in [3.63, 3.8) is 0 Å². The Morgan fingerprint density at radius 3 is 3.00 bits per heavy atom. The zero-order valence-corrected chi connectivity index (χ0v) is 5.19. The molecule has 0 bridgehead atoms. The molecule has 0 atom stereocenters. The van der Waals surface area contributed by atoms with E-state index in [1.54, 1.807) is 12.4 Å². The zero-order chi connectivity index (χ0) is 6.81. The summed E-state index contributed by atoms with van der Waals surface area (Å²) in [6.45, 7) is 0. The number of allylic oxidation sites excluding steroid dienone is 2. The highest BCUT2D eigenvalue weighted by Gasteiger charge is 2.06. The number of nitrogens with zero attached hydrogens (tertiary/aromatic N) is 2. The molecule has 2 rings (SSSR count). The van der Waals surface area contributed by atoms with Crippen molar-refractivity contribution in [1.29, 1.82) is 0 Å². The summed E-state index contributed by atoms with van der Waals surface area (Å²) in [6.07, 6.45) is 8.54. The van der Waals surface area contributed by atoms with Gasteiger partial charge in [0.25, 0.3) is 0 Å². The maximum atomic E-state index is 5.00. The maximum Gasteiger partial charge on any atom is 0.244 e. The van der Waals surface area contributed by atoms with Gasteiger partial charge in [-0.05, 0) is 12.2 Å². The van der Waals surface area contributed by atoms with Gasteiger partial charge in [-0.2, -0.15) is 0 Å². The molecule has 1 aromatic rings. The van der Waals surface area contributed by atoms with E-state index in [1.807, 2.05) is 12.2 Å². The molecule has 1 aromatic heterocycles. The fraction of sp³-hybridized carbons (Fsp3) is 0. The van der Waals surface area contributed by atoms with Gasteiger partial charge in [-0.3, -0.25) is 5.32 Å². The third kappa shape index (κ3) is 0.719. The first-order chi connectivity index (χ1) is 4.97. The monoisotopic (exact) mass is 133 g/mol. The molecule has 0 unspecified atom stereocenters. The van der Waals surface area contributed by atoms with E-state index >= 15 is 0 Å². The Morgan fingerprint density at radius 1 is 1.40 bits per heavy atom. The Morgan fingerprint density at radius 2 is 2.40 bits per heavy atom. The highest BCUT2D eigenvalue weighted by Crippen LogP contribution is 2.12. The zero-order valence-electron chi connectivity index (χ0n) is 5.19. The minimum absolute atomic E-state index is 0.574. The maximum absolute atomic E-state index is 5.00. The molecular formula is C7H5N2O. The highest BCUT2D eigenvalue weighted by molar-refractivity contribution is 5.61. The van der Waals surface area contributed by atoms with Crippen LogP contribution in [0.25, 0.3) is 5.70 Å². The first kappa shape index (κ1) is 5.29. The standard InChI is InChI=1S/C7H5N2O/c1-2-6(8-3-1)7-9-4-5-10-7/h1-5H. The van der Waals surface area contributed by atoms with Crippen LogP contribution < -0.4 is 5.32 Å². The lowest BCUT2D eigenvalue weighted by atomic mass is 10.4. The van der Waals surface area contributed by atoms with E-state index in [0.717, 1.165) is 5.70 Å². The number of aromatic nitrogens is 1. The number of hydrogen-bond acceptors (Lipinski definition) is 2. The summed E-state index contributed by atoms with van der Waals surface area (Å²) < 4.78 is 5.00. The molecule has 2 heterocycles. The van der Waals surface area contributed by atoms with Crippen molar-refractivity contribution in [2.24, 2.45) is 0 Å². The normalized spacial score (nSPS) is 15.0. The van der Waals surface area contributed by atoms with E-state index in [0.29, 0.717) is 5.89 Å². The van der Waals surface area contributed by atoms with Gasteiger partial charge in [0, 0.05) is 6.20 Å². The Bertz CT molecular complexity index is 272. The molecule has 1 radical (unpaired) electrons. The van der Waals surface area contributed by atoms with Crippen LogP contribution in [0.4, 0.5) is 0 Å². The smallest absolute Gasteiger partial charge is 0.244 e. The third-order valence-electron chi connectivity index (χ3n) is 1.21. The van der Waals surface area contributed by atoms with Crippen LogP contribution in [0, 0.1) is 0 Å². The van der Waals surface area contributed by atoms with Gasteiger partial charge in [-0.25, -0.2) is 4.98 Å². The predicted octanol–water partition coefficient (Wildman–Crippen LogP) is 1.15. The van der Waals surface area contributed by atoms with Crippen molar-refractivity contribution in [2.75, 3.05) is 0 Å². The van der Waals surface area contributed by atoms with Crippen molar-refractivity contribution in [2.45, 2.75) is 0 Å². The van der Waals surface area contributed by atoms with Gasteiger partial charge in [0.2, 0.25) is 5.89 Å². The van der Waals surface area contributed by atoms with Crippen molar-refractivity contribution in [3.05, 3.63) is 36.7 Å². The van der Waals surface area contributed by atoms with Gasteiger partial charge >= 0.3 is 0 Å². The van der Waals surface area contributed by atoms with Crippen LogP contribution in [0.2, 0.25) is 0 Å². The van der Waals surface area contributed by atoms with E-state index in [4.69, 9.17) is 4.42 Å². The molecule has 0 fully saturated rings. The Labute approximate surface area is 58.1 Å². The summed E-state index contributed by atoms with van der Waals surface area (Å²) >= 11 is 0. The van der Waals surface area contributed by atoms with E-state index < -0.39 is 0 Å². The molecule has 49 valence electrons. The first-order valence-corrected chi connectivity index (χ1v) is 2.94. The van der Waals surface area contributed by atoms with Crippen LogP contribution in [0.3, 0.4) is 0 Å². The van der Waals surface area contributed by atoms with Gasteiger partial charge in [0.1, 0.15) is 12.0 Å². The van der Waals surface area contributed by atoms with E-state index in [9.17, 15) is 0 Å². The Kier molecular flexibility index (Phi) is 1.07. The third-order valence-corrected chi connectivity index (χ3v) is 1.21. The van der Waals surface area contributed by atoms with Crippen LogP contribution in [0.15, 0.2) is 35.2 Å². The van der Waals surface area contributed by atoms with E-state index in [-0.39, 0.29) is 0 Å². The van der Waals surface area contributed by atoms with E-state index in [2.05, 4.69) is 10.3 Å². The first-order valence-electron chi connectivity index (χ1n) is 2.94. The topological polar surface area (TPSA) is 40.1 Å². The predicted molar refractivity (Wildman–Crippen MR) is 35.8 cm³/mol. The van der Waals surface area contributed by atoms with Crippen molar-refractivity contribution in [1.82, 2.24) is 10.3 Å². The number of oxazole rings is 1. The Hall–Kier alpha value is -1.51. The van der Waals surface area contributed by atoms with E-state index in [1.165, 1.54) is 6.26 Å². The molecule has 0 saturated carbocycles. The van der Waals surface area contributed by atoms with Crippen molar-refractivity contribution < 1.29 is 4.42 Å². The number of hydrogen-bond donors (Lipinski definition) is 0. The summed E-state index contributed by atoms with van der Waals surface area (Å²) in [6, 6.07) is 0. The van der Waals surface area contributed by atoms with Crippen LogP contribution in [0.1, 0.15) is 5.89 Å². The largest absolute Gasteiger partial charge is 0.443 e. The Balaban J connectivity index is 2.30. The van der Waals surface area contributed by atoms with Gasteiger partial charge in [-0.1, -0.05) is 0 Å². The summed E-state index contributed by atoms with van der Waals surface area (Å²) in [5, 5.41) is 4.00. The minimum Gasteiger partial charge on any atom is -0.443 e. The molecule has 0 spiro atoms. The minimum atomic E-state index is 0.574. The van der Waals surface area contributed by atoms with Gasteiger partial charge in [0.05, 0.1) is 6.20 Å². The molecule has 1 aliphatic heterocycles. The molecule has 0 saturated heterocycles. The second-order valence-electron chi connectivity index (χ2n) is 1.86. The van der Waals surface area contributed by atoms with Crippen molar-refractivity contribution >= 4 is 5.70 Å². The van der Waals surface area contributed by atoms with Gasteiger partial charge in [0.15, 0.2) is 0 Å². The van der Waals surface area contributed by atoms with Crippen LogP contribution in [-0.2, 0) is 0 Å². The fourth-order valence-corrected chi connectivity index (χ4v) is 0.777. The molecule has 0 aromatic carbocycles. The van der Waals surface area contributed by atoms with Crippen molar-refractivity contribution in [3.8, 4) is 0 Å². The number of rotatable bonds is 1. The SMILES string of the molecule is C1=C[N]C(c2ncco2)=C1.